The highest BCUT2D eigenvalue weighted by Crippen LogP contribution is 2.29. The van der Waals surface area contributed by atoms with Crippen molar-refractivity contribution in [1.29, 1.82) is 0 Å². The molecule has 0 bridgehead atoms. The second-order valence-corrected chi connectivity index (χ2v) is 7.19. The number of nitrogens with one attached hydrogen (secondary N) is 1. The number of hydrogen-bond donors (Lipinski definition) is 5. The predicted octanol–water partition coefficient (Wildman–Crippen LogP) is 1.52. The third-order valence-corrected chi connectivity index (χ3v) is 5.33. The number of carboxylic acids is 1. The Kier molecular flexibility index (Phi) is 4.45. The van der Waals surface area contributed by atoms with Crippen LogP contribution in [0.5, 0.6) is 5.75 Å². The molecular weight excluding hydrogens is 396 g/mol. The molecule has 0 amide bonds. The Balaban J connectivity index is 1.70. The summed E-state index contributed by atoms with van der Waals surface area (Å²) in [6.45, 7) is -0.0838. The number of nitrogens with zero attached hydrogens (tertiary/aromatic N) is 3. The predicted molar refractivity (Wildman–Crippen MR) is 110 cm³/mol. The highest BCUT2D eigenvalue weighted by molar-refractivity contribution is 7.17. The van der Waals surface area contributed by atoms with Crippen LogP contribution in [0.3, 0.4) is 0 Å². The van der Waals surface area contributed by atoms with Gasteiger partial charge in [-0.2, -0.15) is 0 Å². The van der Waals surface area contributed by atoms with Crippen molar-refractivity contribution in [3.05, 3.63) is 63.8 Å². The number of carboxylic acid groups (broad SMARTS) is 1. The second kappa shape index (κ2) is 6.96. The maximum atomic E-state index is 12.5. The highest BCUT2D eigenvalue weighted by Gasteiger charge is 2.22. The molecule has 0 saturated heterocycles. The Labute approximate surface area is 166 Å². The maximum absolute atomic E-state index is 12.5. The van der Waals surface area contributed by atoms with Gasteiger partial charge in [0.05, 0.1) is 39.8 Å². The van der Waals surface area contributed by atoms with Crippen molar-refractivity contribution in [2.75, 3.05) is 5.01 Å². The Morgan fingerprint density at radius 3 is 2.93 bits per heavy atom. The Morgan fingerprint density at radius 1 is 1.38 bits per heavy atom. The standard InChI is InChI=1S/C18H16N6O4S/c19-9(7-24(20)10-1-2-11-12(5-10)22-8-21-11)6-23-13-3-4-29-16(13)14(18(27)28)15(25)17(23)26/h1-5,7-8,25H,6,19-20H2,(H,21,22)(H,27,28)/b9-7-. The van der Waals surface area contributed by atoms with Gasteiger partial charge in [-0.25, -0.2) is 15.6 Å². The van der Waals surface area contributed by atoms with Crippen LogP contribution in [-0.2, 0) is 6.54 Å². The van der Waals surface area contributed by atoms with E-state index in [4.69, 9.17) is 11.6 Å². The lowest BCUT2D eigenvalue weighted by atomic mass is 10.2. The van der Waals surface area contributed by atoms with Gasteiger partial charge >= 0.3 is 5.97 Å². The fourth-order valence-electron chi connectivity index (χ4n) is 3.07. The van der Waals surface area contributed by atoms with E-state index in [2.05, 4.69) is 9.97 Å². The van der Waals surface area contributed by atoms with Gasteiger partial charge in [0.15, 0.2) is 5.75 Å². The van der Waals surface area contributed by atoms with Gasteiger partial charge in [-0.1, -0.05) is 0 Å². The van der Waals surface area contributed by atoms with E-state index in [1.165, 1.54) is 15.8 Å². The number of hydrazine groups is 1. The first-order valence-corrected chi connectivity index (χ1v) is 9.24. The molecule has 0 aliphatic rings. The van der Waals surface area contributed by atoms with Crippen LogP contribution in [-0.4, -0.2) is 30.7 Å². The molecule has 0 aliphatic carbocycles. The van der Waals surface area contributed by atoms with Crippen molar-refractivity contribution in [3.8, 4) is 5.75 Å². The van der Waals surface area contributed by atoms with Crippen LogP contribution in [0, 0.1) is 0 Å². The van der Waals surface area contributed by atoms with E-state index < -0.39 is 22.8 Å². The first-order valence-electron chi connectivity index (χ1n) is 8.36. The lowest BCUT2D eigenvalue weighted by molar-refractivity contribution is 0.0695. The summed E-state index contributed by atoms with van der Waals surface area (Å²) in [5, 5.41) is 22.4. The zero-order valence-corrected chi connectivity index (χ0v) is 15.7. The third-order valence-electron chi connectivity index (χ3n) is 4.41. The van der Waals surface area contributed by atoms with Crippen molar-refractivity contribution >= 4 is 44.2 Å². The number of aromatic carboxylic acids is 1. The van der Waals surface area contributed by atoms with Crippen LogP contribution in [0.2, 0.25) is 0 Å². The molecule has 4 rings (SSSR count). The number of fused-ring (bicyclic) bond motifs is 2. The molecule has 3 heterocycles. The number of imidazole rings is 1. The summed E-state index contributed by atoms with van der Waals surface area (Å²) in [7, 11) is 0. The Morgan fingerprint density at radius 2 is 2.17 bits per heavy atom. The molecule has 0 saturated carbocycles. The number of aromatic hydroxyl groups is 1. The molecule has 0 spiro atoms. The Hall–Kier alpha value is -3.83. The number of benzene rings is 1. The number of aromatic nitrogens is 3. The topological polar surface area (TPSA) is 163 Å². The zero-order valence-electron chi connectivity index (χ0n) is 14.9. The molecule has 0 aliphatic heterocycles. The van der Waals surface area contributed by atoms with E-state index in [0.29, 0.717) is 11.2 Å². The summed E-state index contributed by atoms with van der Waals surface area (Å²) >= 11 is 1.11. The van der Waals surface area contributed by atoms with Gasteiger partial charge in [0.25, 0.3) is 5.56 Å². The van der Waals surface area contributed by atoms with E-state index in [9.17, 15) is 19.8 Å². The molecule has 4 aromatic rings. The number of aromatic amines is 1. The highest BCUT2D eigenvalue weighted by atomic mass is 32.1. The summed E-state index contributed by atoms with van der Waals surface area (Å²) in [6.07, 6.45) is 3.02. The van der Waals surface area contributed by atoms with Gasteiger partial charge in [0.1, 0.15) is 5.56 Å². The fraction of sp³-hybridized carbons (Fsp3) is 0.0556. The number of rotatable bonds is 5. The smallest absolute Gasteiger partial charge is 0.341 e. The molecule has 3 aromatic heterocycles. The number of hydrogen-bond acceptors (Lipinski definition) is 8. The van der Waals surface area contributed by atoms with Crippen LogP contribution in [0.1, 0.15) is 10.4 Å². The molecule has 10 nitrogen and oxygen atoms in total. The largest absolute Gasteiger partial charge is 0.502 e. The van der Waals surface area contributed by atoms with Crippen LogP contribution in [0.25, 0.3) is 21.3 Å². The van der Waals surface area contributed by atoms with Crippen molar-refractivity contribution in [2.45, 2.75) is 6.54 Å². The molecule has 7 N–H and O–H groups in total. The third kappa shape index (κ3) is 3.17. The first kappa shape index (κ1) is 18.5. The lowest BCUT2D eigenvalue weighted by Crippen LogP contribution is -2.29. The molecule has 1 aromatic carbocycles. The van der Waals surface area contributed by atoms with Crippen molar-refractivity contribution in [3.63, 3.8) is 0 Å². The molecule has 11 heteroatoms. The SMILES string of the molecule is N/C(=C\N(N)c1ccc2nc[nH]c2c1)Cn1c(=O)c(O)c(C(=O)O)c2sccc21. The zero-order chi connectivity index (χ0) is 20.7. The quantitative estimate of drug-likeness (QED) is 0.243. The second-order valence-electron chi connectivity index (χ2n) is 6.27. The number of thiophene rings is 1. The molecule has 29 heavy (non-hydrogen) atoms. The van der Waals surface area contributed by atoms with Crippen molar-refractivity contribution < 1.29 is 15.0 Å². The van der Waals surface area contributed by atoms with Crippen molar-refractivity contribution in [1.82, 2.24) is 14.5 Å². The summed E-state index contributed by atoms with van der Waals surface area (Å²) in [5.41, 5.74) is 7.66. The van der Waals surface area contributed by atoms with E-state index in [-0.39, 0.29) is 16.9 Å². The van der Waals surface area contributed by atoms with Gasteiger partial charge < -0.3 is 20.9 Å². The van der Waals surface area contributed by atoms with Crippen molar-refractivity contribution in [2.24, 2.45) is 11.6 Å². The van der Waals surface area contributed by atoms with E-state index in [1.807, 2.05) is 0 Å². The molecular formula is C18H16N6O4S. The minimum absolute atomic E-state index is 0.0838. The summed E-state index contributed by atoms with van der Waals surface area (Å²) in [6, 6.07) is 6.96. The summed E-state index contributed by atoms with van der Waals surface area (Å²) in [4.78, 5) is 31.1. The maximum Gasteiger partial charge on any atom is 0.341 e. The van der Waals surface area contributed by atoms with Gasteiger partial charge in [0.2, 0.25) is 0 Å². The number of anilines is 1. The lowest BCUT2D eigenvalue weighted by Gasteiger charge is -2.16. The van der Waals surface area contributed by atoms with Crippen LogP contribution >= 0.6 is 11.3 Å². The van der Waals surface area contributed by atoms with E-state index >= 15 is 0 Å². The summed E-state index contributed by atoms with van der Waals surface area (Å²) in [5.74, 6) is 3.87. The van der Waals surface area contributed by atoms with Crippen LogP contribution in [0.4, 0.5) is 5.69 Å². The number of carbonyl (C=O) groups is 1. The number of nitrogens with two attached hydrogens (primary N) is 2. The molecule has 0 fully saturated rings. The fourth-order valence-corrected chi connectivity index (χ4v) is 4.00. The number of H-pyrrole nitrogens is 1. The Bertz CT molecular complexity index is 1340. The summed E-state index contributed by atoms with van der Waals surface area (Å²) < 4.78 is 1.50. The minimum atomic E-state index is -1.37. The average Bonchev–Trinajstić information content (AvgIpc) is 3.33. The average molecular weight is 412 g/mol. The monoisotopic (exact) mass is 412 g/mol. The normalized spacial score (nSPS) is 12.0. The molecule has 148 valence electrons. The van der Waals surface area contributed by atoms with Crippen LogP contribution < -0.4 is 22.1 Å². The van der Waals surface area contributed by atoms with E-state index in [0.717, 1.165) is 22.4 Å². The first-order chi connectivity index (χ1) is 13.9. The van der Waals surface area contributed by atoms with Gasteiger partial charge in [-0.3, -0.25) is 14.4 Å². The minimum Gasteiger partial charge on any atom is -0.502 e. The van der Waals surface area contributed by atoms with Gasteiger partial charge in [-0.15, -0.1) is 11.3 Å². The van der Waals surface area contributed by atoms with Gasteiger partial charge in [0, 0.05) is 11.9 Å². The molecule has 0 unspecified atom stereocenters. The number of allylic oxidation sites excluding steroid dienone is 1. The number of pyridine rings is 1. The van der Waals surface area contributed by atoms with E-state index in [1.54, 1.807) is 36.0 Å². The van der Waals surface area contributed by atoms with Crippen LogP contribution in [0.15, 0.2) is 52.7 Å². The molecule has 0 radical (unpaired) electrons. The van der Waals surface area contributed by atoms with Gasteiger partial charge in [-0.05, 0) is 29.6 Å². The molecule has 0 atom stereocenters.